The molecule has 0 amide bonds. The SMILES string of the molecule is CCOC1CCN(C2CCC(=O)C2)CC1. The molecular weight excluding hydrogens is 190 g/mol. The molecule has 2 rings (SSSR count). The van der Waals surface area contributed by atoms with Crippen molar-refractivity contribution in [3.63, 3.8) is 0 Å². The topological polar surface area (TPSA) is 29.5 Å². The van der Waals surface area contributed by atoms with E-state index in [4.69, 9.17) is 4.74 Å². The number of ether oxygens (including phenoxy) is 1. The zero-order valence-corrected chi connectivity index (χ0v) is 9.58. The van der Waals surface area contributed by atoms with Gasteiger partial charge in [-0.3, -0.25) is 9.69 Å². The van der Waals surface area contributed by atoms with E-state index >= 15 is 0 Å². The first-order chi connectivity index (χ1) is 7.29. The molecule has 1 atom stereocenters. The third-order valence-electron chi connectivity index (χ3n) is 3.62. The number of hydrogen-bond donors (Lipinski definition) is 0. The fourth-order valence-corrected chi connectivity index (χ4v) is 2.75. The molecule has 3 nitrogen and oxygen atoms in total. The molecule has 0 radical (unpaired) electrons. The van der Waals surface area contributed by atoms with Crippen LogP contribution in [-0.2, 0) is 9.53 Å². The number of rotatable bonds is 3. The van der Waals surface area contributed by atoms with Crippen molar-refractivity contribution in [2.45, 2.75) is 51.2 Å². The summed E-state index contributed by atoms with van der Waals surface area (Å²) in [4.78, 5) is 13.7. The molecule has 1 saturated heterocycles. The average Bonchev–Trinajstić information content (AvgIpc) is 2.67. The maximum atomic E-state index is 11.2. The Hall–Kier alpha value is -0.410. The molecule has 0 aromatic rings. The van der Waals surface area contributed by atoms with Crippen LogP contribution in [0.2, 0.25) is 0 Å². The Morgan fingerprint density at radius 3 is 2.60 bits per heavy atom. The van der Waals surface area contributed by atoms with Gasteiger partial charge < -0.3 is 4.74 Å². The second-order valence-corrected chi connectivity index (χ2v) is 4.63. The maximum absolute atomic E-state index is 11.2. The lowest BCUT2D eigenvalue weighted by atomic mass is 10.0. The van der Waals surface area contributed by atoms with E-state index in [1.807, 2.05) is 0 Å². The quantitative estimate of drug-likeness (QED) is 0.710. The molecule has 86 valence electrons. The van der Waals surface area contributed by atoms with Crippen molar-refractivity contribution in [1.82, 2.24) is 4.90 Å². The third kappa shape index (κ3) is 2.79. The third-order valence-corrected chi connectivity index (χ3v) is 3.62. The van der Waals surface area contributed by atoms with Crippen LogP contribution in [0, 0.1) is 0 Å². The van der Waals surface area contributed by atoms with Gasteiger partial charge in [-0.25, -0.2) is 0 Å². The Labute approximate surface area is 91.8 Å². The number of ketones is 1. The van der Waals surface area contributed by atoms with Crippen LogP contribution in [0.15, 0.2) is 0 Å². The summed E-state index contributed by atoms with van der Waals surface area (Å²) in [5.74, 6) is 0.451. The van der Waals surface area contributed by atoms with Gasteiger partial charge in [0.15, 0.2) is 0 Å². The van der Waals surface area contributed by atoms with Crippen molar-refractivity contribution in [3.8, 4) is 0 Å². The van der Waals surface area contributed by atoms with Crippen LogP contribution in [0.5, 0.6) is 0 Å². The van der Waals surface area contributed by atoms with E-state index in [9.17, 15) is 4.79 Å². The van der Waals surface area contributed by atoms with Gasteiger partial charge in [0.25, 0.3) is 0 Å². The number of nitrogens with zero attached hydrogens (tertiary/aromatic N) is 1. The van der Waals surface area contributed by atoms with Crippen LogP contribution in [0.1, 0.15) is 39.0 Å². The van der Waals surface area contributed by atoms with Crippen molar-refractivity contribution in [2.75, 3.05) is 19.7 Å². The number of likely N-dealkylation sites (tertiary alicyclic amines) is 1. The Morgan fingerprint density at radius 1 is 1.33 bits per heavy atom. The second kappa shape index (κ2) is 5.08. The summed E-state index contributed by atoms with van der Waals surface area (Å²) >= 11 is 0. The van der Waals surface area contributed by atoms with Gasteiger partial charge in [-0.2, -0.15) is 0 Å². The second-order valence-electron chi connectivity index (χ2n) is 4.63. The summed E-state index contributed by atoms with van der Waals surface area (Å²) in [5, 5.41) is 0. The number of carbonyl (C=O) groups is 1. The van der Waals surface area contributed by atoms with Crippen molar-refractivity contribution >= 4 is 5.78 Å². The van der Waals surface area contributed by atoms with Crippen LogP contribution in [-0.4, -0.2) is 42.5 Å². The highest BCUT2D eigenvalue weighted by Crippen LogP contribution is 2.24. The fraction of sp³-hybridized carbons (Fsp3) is 0.917. The zero-order valence-electron chi connectivity index (χ0n) is 9.58. The first kappa shape index (κ1) is 11.1. The maximum Gasteiger partial charge on any atom is 0.134 e. The number of Topliss-reactive ketones (excluding diaryl/α,β-unsaturated/α-hetero) is 1. The summed E-state index contributed by atoms with van der Waals surface area (Å²) in [6.45, 7) is 5.11. The molecule has 2 fully saturated rings. The van der Waals surface area contributed by atoms with Gasteiger partial charge in [0.05, 0.1) is 6.10 Å². The van der Waals surface area contributed by atoms with Crippen molar-refractivity contribution < 1.29 is 9.53 Å². The molecule has 0 aromatic heterocycles. The lowest BCUT2D eigenvalue weighted by molar-refractivity contribution is -0.117. The van der Waals surface area contributed by atoms with Gasteiger partial charge in [-0.1, -0.05) is 0 Å². The predicted molar refractivity (Wildman–Crippen MR) is 58.9 cm³/mol. The van der Waals surface area contributed by atoms with Crippen molar-refractivity contribution in [1.29, 1.82) is 0 Å². The van der Waals surface area contributed by atoms with E-state index in [-0.39, 0.29) is 0 Å². The first-order valence-corrected chi connectivity index (χ1v) is 6.17. The summed E-state index contributed by atoms with van der Waals surface area (Å²) in [6, 6.07) is 0.542. The molecule has 1 aliphatic heterocycles. The van der Waals surface area contributed by atoms with Gasteiger partial charge >= 0.3 is 0 Å². The average molecular weight is 211 g/mol. The van der Waals surface area contributed by atoms with E-state index in [0.29, 0.717) is 17.9 Å². The highest BCUT2D eigenvalue weighted by atomic mass is 16.5. The molecule has 1 saturated carbocycles. The Morgan fingerprint density at radius 2 is 2.07 bits per heavy atom. The highest BCUT2D eigenvalue weighted by molar-refractivity contribution is 5.81. The molecule has 15 heavy (non-hydrogen) atoms. The molecule has 2 aliphatic rings. The van der Waals surface area contributed by atoms with Gasteiger partial charge in [0, 0.05) is 38.6 Å². The molecule has 1 aliphatic carbocycles. The molecule has 1 heterocycles. The summed E-state index contributed by atoms with van der Waals surface area (Å²) < 4.78 is 5.62. The van der Waals surface area contributed by atoms with Crippen molar-refractivity contribution in [3.05, 3.63) is 0 Å². The van der Waals surface area contributed by atoms with E-state index in [1.165, 1.54) is 0 Å². The number of piperidine rings is 1. The number of carbonyl (C=O) groups excluding carboxylic acids is 1. The summed E-state index contributed by atoms with van der Waals surface area (Å²) in [7, 11) is 0. The van der Waals surface area contributed by atoms with E-state index in [1.54, 1.807) is 0 Å². The van der Waals surface area contributed by atoms with E-state index in [0.717, 1.165) is 51.8 Å². The molecular formula is C12H21NO2. The minimum absolute atomic E-state index is 0.451. The minimum atomic E-state index is 0.451. The Balaban J connectivity index is 1.75. The van der Waals surface area contributed by atoms with Crippen molar-refractivity contribution in [2.24, 2.45) is 0 Å². The van der Waals surface area contributed by atoms with Crippen LogP contribution >= 0.6 is 0 Å². The Bertz CT molecular complexity index is 222. The molecule has 0 aromatic carbocycles. The van der Waals surface area contributed by atoms with Crippen LogP contribution < -0.4 is 0 Å². The summed E-state index contributed by atoms with van der Waals surface area (Å²) in [6.07, 6.45) is 5.41. The monoisotopic (exact) mass is 211 g/mol. The van der Waals surface area contributed by atoms with Gasteiger partial charge in [-0.05, 0) is 26.2 Å². The largest absolute Gasteiger partial charge is 0.378 e. The molecule has 0 spiro atoms. The molecule has 3 heteroatoms. The minimum Gasteiger partial charge on any atom is -0.378 e. The van der Waals surface area contributed by atoms with E-state index in [2.05, 4.69) is 11.8 Å². The van der Waals surface area contributed by atoms with Crippen LogP contribution in [0.25, 0.3) is 0 Å². The lowest BCUT2D eigenvalue weighted by Gasteiger charge is -2.35. The van der Waals surface area contributed by atoms with Gasteiger partial charge in [0.2, 0.25) is 0 Å². The molecule has 0 bridgehead atoms. The number of hydrogen-bond acceptors (Lipinski definition) is 3. The van der Waals surface area contributed by atoms with Gasteiger partial charge in [0.1, 0.15) is 5.78 Å². The van der Waals surface area contributed by atoms with Crippen LogP contribution in [0.3, 0.4) is 0 Å². The fourth-order valence-electron chi connectivity index (χ4n) is 2.75. The smallest absolute Gasteiger partial charge is 0.134 e. The highest BCUT2D eigenvalue weighted by Gasteiger charge is 2.30. The Kier molecular flexibility index (Phi) is 3.76. The standard InChI is InChI=1S/C12H21NO2/c1-2-15-12-5-7-13(8-6-12)10-3-4-11(14)9-10/h10,12H,2-9H2,1H3. The van der Waals surface area contributed by atoms with Crippen LogP contribution in [0.4, 0.5) is 0 Å². The molecule has 0 N–H and O–H groups in total. The molecule has 1 unspecified atom stereocenters. The van der Waals surface area contributed by atoms with E-state index < -0.39 is 0 Å². The predicted octanol–water partition coefficient (Wildman–Crippen LogP) is 1.61. The first-order valence-electron chi connectivity index (χ1n) is 6.17. The lowest BCUT2D eigenvalue weighted by Crippen LogP contribution is -2.42. The normalized spacial score (nSPS) is 29.9. The van der Waals surface area contributed by atoms with Gasteiger partial charge in [-0.15, -0.1) is 0 Å². The summed E-state index contributed by atoms with van der Waals surface area (Å²) in [5.41, 5.74) is 0. The zero-order chi connectivity index (χ0) is 10.7.